The second-order valence-electron chi connectivity index (χ2n) is 5.63. The fourth-order valence-corrected chi connectivity index (χ4v) is 3.97. The van der Waals surface area contributed by atoms with Crippen LogP contribution in [0.4, 0.5) is 4.79 Å². The smallest absolute Gasteiger partial charge is 0.290 e. The monoisotopic (exact) mass is 501 g/mol. The van der Waals surface area contributed by atoms with E-state index in [0.717, 1.165) is 17.3 Å². The van der Waals surface area contributed by atoms with Crippen molar-refractivity contribution in [3.8, 4) is 11.5 Å². The number of thioether (sulfide) groups is 1. The van der Waals surface area contributed by atoms with Crippen LogP contribution in [-0.2, 0) is 11.4 Å². The zero-order valence-electron chi connectivity index (χ0n) is 14.6. The van der Waals surface area contributed by atoms with E-state index in [0.29, 0.717) is 43.1 Å². The van der Waals surface area contributed by atoms with Crippen LogP contribution >= 0.6 is 50.9 Å². The van der Waals surface area contributed by atoms with Crippen LogP contribution in [0.25, 0.3) is 6.08 Å². The standard InChI is InChI=1S/C19H14BrCl2NO4S/c1-2-26-15-5-11(6-17-18(24)23-19(25)28-17)13(20)8-16(15)27-9-10-3-4-12(21)7-14(10)22/h3-8H,2,9H2,1H3,(H,23,24,25)/b17-6+. The summed E-state index contributed by atoms with van der Waals surface area (Å²) in [7, 11) is 0. The van der Waals surface area contributed by atoms with Crippen molar-refractivity contribution in [3.63, 3.8) is 0 Å². The van der Waals surface area contributed by atoms with Gasteiger partial charge in [0, 0.05) is 20.1 Å². The quantitative estimate of drug-likeness (QED) is 0.486. The number of carbonyl (C=O) groups is 2. The van der Waals surface area contributed by atoms with E-state index in [2.05, 4.69) is 21.2 Å². The normalized spacial score (nSPS) is 15.1. The zero-order chi connectivity index (χ0) is 20.3. The largest absolute Gasteiger partial charge is 0.490 e. The molecular formula is C19H14BrCl2NO4S. The maximum Gasteiger partial charge on any atom is 0.290 e. The van der Waals surface area contributed by atoms with E-state index >= 15 is 0 Å². The highest BCUT2D eigenvalue weighted by molar-refractivity contribution is 9.10. The van der Waals surface area contributed by atoms with Crippen molar-refractivity contribution < 1.29 is 19.1 Å². The average Bonchev–Trinajstić information content (AvgIpc) is 2.95. The van der Waals surface area contributed by atoms with Crippen LogP contribution in [0, 0.1) is 0 Å². The third-order valence-corrected chi connectivity index (χ3v) is 5.77. The van der Waals surface area contributed by atoms with Crippen molar-refractivity contribution in [2.75, 3.05) is 6.61 Å². The molecule has 9 heteroatoms. The predicted octanol–water partition coefficient (Wildman–Crippen LogP) is 6.06. The molecular weight excluding hydrogens is 489 g/mol. The van der Waals surface area contributed by atoms with E-state index in [1.54, 1.807) is 36.4 Å². The van der Waals surface area contributed by atoms with Crippen molar-refractivity contribution in [3.05, 3.63) is 60.9 Å². The lowest BCUT2D eigenvalue weighted by Gasteiger charge is -2.15. The molecule has 2 amide bonds. The summed E-state index contributed by atoms with van der Waals surface area (Å²) in [5, 5.41) is 2.90. The van der Waals surface area contributed by atoms with Gasteiger partial charge in [0.2, 0.25) is 0 Å². The molecule has 0 saturated carbocycles. The molecule has 0 bridgehead atoms. The van der Waals surface area contributed by atoms with Crippen molar-refractivity contribution in [2.24, 2.45) is 0 Å². The molecule has 1 N–H and O–H groups in total. The summed E-state index contributed by atoms with van der Waals surface area (Å²) in [4.78, 5) is 23.4. The second kappa shape index (κ2) is 9.22. The third kappa shape index (κ3) is 5.03. The highest BCUT2D eigenvalue weighted by Gasteiger charge is 2.25. The molecule has 1 saturated heterocycles. The van der Waals surface area contributed by atoms with Crippen LogP contribution in [0.3, 0.4) is 0 Å². The number of imide groups is 1. The highest BCUT2D eigenvalue weighted by atomic mass is 79.9. The van der Waals surface area contributed by atoms with Gasteiger partial charge in [-0.1, -0.05) is 45.2 Å². The van der Waals surface area contributed by atoms with Gasteiger partial charge < -0.3 is 9.47 Å². The van der Waals surface area contributed by atoms with E-state index in [1.807, 2.05) is 6.92 Å². The van der Waals surface area contributed by atoms with Crippen LogP contribution in [0.15, 0.2) is 39.7 Å². The van der Waals surface area contributed by atoms with Crippen molar-refractivity contribution in [1.29, 1.82) is 0 Å². The summed E-state index contributed by atoms with van der Waals surface area (Å²) in [6, 6.07) is 8.69. The fourth-order valence-electron chi connectivity index (χ4n) is 2.40. The fraction of sp³-hybridized carbons (Fsp3) is 0.158. The molecule has 28 heavy (non-hydrogen) atoms. The summed E-state index contributed by atoms with van der Waals surface area (Å²) in [5.41, 5.74) is 1.47. The topological polar surface area (TPSA) is 64.6 Å². The van der Waals surface area contributed by atoms with Crippen molar-refractivity contribution >= 4 is 68.1 Å². The first kappa shape index (κ1) is 21.0. The Morgan fingerprint density at radius 3 is 2.54 bits per heavy atom. The first-order chi connectivity index (χ1) is 13.4. The van der Waals surface area contributed by atoms with E-state index in [9.17, 15) is 9.59 Å². The number of rotatable bonds is 6. The molecule has 2 aromatic carbocycles. The maximum atomic E-state index is 11.8. The van der Waals surface area contributed by atoms with Crippen LogP contribution in [0.5, 0.6) is 11.5 Å². The molecule has 0 aliphatic carbocycles. The van der Waals surface area contributed by atoms with Crippen LogP contribution in [-0.4, -0.2) is 17.8 Å². The number of nitrogens with one attached hydrogen (secondary N) is 1. The van der Waals surface area contributed by atoms with Crippen LogP contribution in [0.2, 0.25) is 10.0 Å². The molecule has 1 fully saturated rings. The summed E-state index contributed by atoms with van der Waals surface area (Å²) in [5.74, 6) is 0.608. The van der Waals surface area contributed by atoms with Gasteiger partial charge in [0.1, 0.15) is 6.61 Å². The Balaban J connectivity index is 1.87. The molecule has 1 aliphatic heterocycles. The molecule has 1 heterocycles. The lowest BCUT2D eigenvalue weighted by Crippen LogP contribution is -2.17. The van der Waals surface area contributed by atoms with E-state index in [1.165, 1.54) is 0 Å². The van der Waals surface area contributed by atoms with Crippen LogP contribution in [0.1, 0.15) is 18.1 Å². The Labute approximate surface area is 184 Å². The number of ether oxygens (including phenoxy) is 2. The van der Waals surface area contributed by atoms with E-state index in [-0.39, 0.29) is 6.61 Å². The molecule has 0 aromatic heterocycles. The minimum absolute atomic E-state index is 0.232. The molecule has 2 aromatic rings. The van der Waals surface area contributed by atoms with Gasteiger partial charge >= 0.3 is 0 Å². The second-order valence-corrected chi connectivity index (χ2v) is 8.34. The molecule has 146 valence electrons. The Hall–Kier alpha value is -1.67. The van der Waals surface area contributed by atoms with E-state index in [4.69, 9.17) is 32.7 Å². The van der Waals surface area contributed by atoms with Crippen molar-refractivity contribution in [1.82, 2.24) is 5.32 Å². The minimum atomic E-state index is -0.419. The summed E-state index contributed by atoms with van der Waals surface area (Å²) >= 11 is 16.4. The Kier molecular flexibility index (Phi) is 6.93. The Morgan fingerprint density at radius 2 is 1.89 bits per heavy atom. The number of carbonyl (C=O) groups excluding carboxylic acids is 2. The highest BCUT2D eigenvalue weighted by Crippen LogP contribution is 2.37. The number of hydrogen-bond acceptors (Lipinski definition) is 5. The number of hydrogen-bond donors (Lipinski definition) is 1. The number of amides is 2. The van der Waals surface area contributed by atoms with Crippen LogP contribution < -0.4 is 14.8 Å². The van der Waals surface area contributed by atoms with Gasteiger partial charge in [0.15, 0.2) is 11.5 Å². The Morgan fingerprint density at radius 1 is 1.14 bits per heavy atom. The van der Waals surface area contributed by atoms with Gasteiger partial charge in [0.25, 0.3) is 11.1 Å². The molecule has 3 rings (SSSR count). The molecule has 1 aliphatic rings. The zero-order valence-corrected chi connectivity index (χ0v) is 18.5. The summed E-state index contributed by atoms with van der Waals surface area (Å²) < 4.78 is 12.3. The number of benzene rings is 2. The van der Waals surface area contributed by atoms with Crippen molar-refractivity contribution in [2.45, 2.75) is 13.5 Å². The first-order valence-corrected chi connectivity index (χ1v) is 10.5. The lowest BCUT2D eigenvalue weighted by atomic mass is 10.1. The number of halogens is 3. The molecule has 0 spiro atoms. The van der Waals surface area contributed by atoms with Gasteiger partial charge in [-0.3, -0.25) is 14.9 Å². The van der Waals surface area contributed by atoms with Gasteiger partial charge in [-0.05, 0) is 54.6 Å². The van der Waals surface area contributed by atoms with Gasteiger partial charge in [-0.15, -0.1) is 0 Å². The average molecular weight is 503 g/mol. The van der Waals surface area contributed by atoms with Gasteiger partial charge in [0.05, 0.1) is 11.5 Å². The SMILES string of the molecule is CCOc1cc(/C=C2/SC(=O)NC2=O)c(Br)cc1OCc1ccc(Cl)cc1Cl. The maximum absolute atomic E-state index is 11.8. The van der Waals surface area contributed by atoms with Gasteiger partial charge in [-0.2, -0.15) is 0 Å². The molecule has 0 radical (unpaired) electrons. The summed E-state index contributed by atoms with van der Waals surface area (Å²) in [6.07, 6.45) is 1.62. The van der Waals surface area contributed by atoms with E-state index < -0.39 is 11.1 Å². The van der Waals surface area contributed by atoms with Gasteiger partial charge in [-0.25, -0.2) is 0 Å². The first-order valence-electron chi connectivity index (χ1n) is 8.15. The lowest BCUT2D eigenvalue weighted by molar-refractivity contribution is -0.115. The molecule has 0 atom stereocenters. The Bertz CT molecular complexity index is 981. The predicted molar refractivity (Wildman–Crippen MR) is 115 cm³/mol. The summed E-state index contributed by atoms with van der Waals surface area (Å²) in [6.45, 7) is 2.53. The molecule has 5 nitrogen and oxygen atoms in total. The minimum Gasteiger partial charge on any atom is -0.490 e. The third-order valence-electron chi connectivity index (χ3n) is 3.69. The molecule has 0 unspecified atom stereocenters.